The minimum absolute atomic E-state index is 0.477. The SMILES string of the molecule is CN1CC[C@H](c2ccccc2)[C@@H](COc2ccc(Cl)c3ccccc23)C1.O=C(O)C(=O)O. The molecule has 32 heavy (non-hydrogen) atoms. The molecule has 1 aliphatic heterocycles. The zero-order valence-electron chi connectivity index (χ0n) is 17.8. The number of likely N-dealkylation sites (tertiary alicyclic amines) is 1. The van der Waals surface area contributed by atoms with Crippen molar-refractivity contribution in [1.82, 2.24) is 4.90 Å². The van der Waals surface area contributed by atoms with E-state index in [0.29, 0.717) is 11.8 Å². The van der Waals surface area contributed by atoms with Crippen molar-refractivity contribution in [3.8, 4) is 5.75 Å². The van der Waals surface area contributed by atoms with Crippen LogP contribution in [0, 0.1) is 5.92 Å². The van der Waals surface area contributed by atoms with Crippen LogP contribution in [0.2, 0.25) is 5.02 Å². The summed E-state index contributed by atoms with van der Waals surface area (Å²) < 4.78 is 6.33. The molecule has 0 aliphatic carbocycles. The second-order valence-electron chi connectivity index (χ2n) is 7.84. The van der Waals surface area contributed by atoms with Gasteiger partial charge in [-0.25, -0.2) is 9.59 Å². The number of ether oxygens (including phenoxy) is 1. The molecule has 0 radical (unpaired) electrons. The van der Waals surface area contributed by atoms with Gasteiger partial charge in [-0.3, -0.25) is 0 Å². The van der Waals surface area contributed by atoms with Crippen LogP contribution < -0.4 is 4.74 Å². The molecule has 3 aromatic rings. The van der Waals surface area contributed by atoms with Crippen LogP contribution >= 0.6 is 11.6 Å². The third-order valence-electron chi connectivity index (χ3n) is 5.63. The molecule has 1 heterocycles. The van der Waals surface area contributed by atoms with Gasteiger partial charge in [0.15, 0.2) is 0 Å². The highest BCUT2D eigenvalue weighted by molar-refractivity contribution is 6.35. The summed E-state index contributed by atoms with van der Waals surface area (Å²) in [6.07, 6.45) is 1.18. The molecule has 7 heteroatoms. The normalized spacial score (nSPS) is 18.4. The third kappa shape index (κ3) is 5.99. The summed E-state index contributed by atoms with van der Waals surface area (Å²) in [6, 6.07) is 23.0. The largest absolute Gasteiger partial charge is 0.493 e. The van der Waals surface area contributed by atoms with Crippen LogP contribution in [0.3, 0.4) is 0 Å². The molecule has 2 atom stereocenters. The minimum Gasteiger partial charge on any atom is -0.493 e. The van der Waals surface area contributed by atoms with Gasteiger partial charge in [-0.1, -0.05) is 66.2 Å². The van der Waals surface area contributed by atoms with Crippen molar-refractivity contribution >= 4 is 34.3 Å². The molecule has 0 amide bonds. The average molecular weight is 456 g/mol. The first kappa shape index (κ1) is 23.6. The maximum Gasteiger partial charge on any atom is 0.414 e. The Balaban J connectivity index is 0.000000427. The first-order valence-electron chi connectivity index (χ1n) is 10.4. The van der Waals surface area contributed by atoms with Gasteiger partial charge in [0, 0.05) is 28.3 Å². The van der Waals surface area contributed by atoms with Crippen molar-refractivity contribution in [2.24, 2.45) is 5.92 Å². The van der Waals surface area contributed by atoms with E-state index in [1.54, 1.807) is 0 Å². The Labute approximate surface area is 192 Å². The van der Waals surface area contributed by atoms with E-state index in [9.17, 15) is 0 Å². The zero-order chi connectivity index (χ0) is 23.1. The van der Waals surface area contributed by atoms with Crippen molar-refractivity contribution in [3.05, 3.63) is 77.3 Å². The number of carboxylic acid groups (broad SMARTS) is 2. The standard InChI is InChI=1S/C23H24ClNO.C2H2O4/c1-25-14-13-19(17-7-3-2-4-8-17)18(15-25)16-26-23-12-11-22(24)20-9-5-6-10-21(20)23;3-1(4)2(5)6/h2-12,18-19H,13-16H2,1H3;(H,3,4)(H,5,6)/t18-,19-;/m1./s1. The molecule has 1 saturated heterocycles. The van der Waals surface area contributed by atoms with Gasteiger partial charge >= 0.3 is 11.9 Å². The summed E-state index contributed by atoms with van der Waals surface area (Å²) in [4.78, 5) is 20.6. The van der Waals surface area contributed by atoms with Crippen LogP contribution in [0.1, 0.15) is 17.9 Å². The highest BCUT2D eigenvalue weighted by atomic mass is 35.5. The summed E-state index contributed by atoms with van der Waals surface area (Å²) in [7, 11) is 2.20. The van der Waals surface area contributed by atoms with Crippen molar-refractivity contribution in [2.45, 2.75) is 12.3 Å². The maximum atomic E-state index is 9.10. The highest BCUT2D eigenvalue weighted by Gasteiger charge is 2.29. The third-order valence-corrected chi connectivity index (χ3v) is 5.96. The van der Waals surface area contributed by atoms with E-state index >= 15 is 0 Å². The Morgan fingerprint density at radius 1 is 0.969 bits per heavy atom. The lowest BCUT2D eigenvalue weighted by molar-refractivity contribution is -0.159. The topological polar surface area (TPSA) is 87.1 Å². The lowest BCUT2D eigenvalue weighted by Crippen LogP contribution is -2.39. The summed E-state index contributed by atoms with van der Waals surface area (Å²) in [5.74, 6) is -1.70. The van der Waals surface area contributed by atoms with Crippen molar-refractivity contribution in [2.75, 3.05) is 26.7 Å². The highest BCUT2D eigenvalue weighted by Crippen LogP contribution is 2.35. The van der Waals surface area contributed by atoms with E-state index in [1.807, 2.05) is 30.3 Å². The smallest absolute Gasteiger partial charge is 0.414 e. The van der Waals surface area contributed by atoms with Crippen molar-refractivity contribution < 1.29 is 24.5 Å². The summed E-state index contributed by atoms with van der Waals surface area (Å²) >= 11 is 6.34. The summed E-state index contributed by atoms with van der Waals surface area (Å²) in [5.41, 5.74) is 1.43. The molecule has 4 rings (SSSR count). The lowest BCUT2D eigenvalue weighted by atomic mass is 9.81. The molecule has 2 N–H and O–H groups in total. The molecule has 6 nitrogen and oxygen atoms in total. The number of carboxylic acids is 2. The Morgan fingerprint density at radius 3 is 2.25 bits per heavy atom. The zero-order valence-corrected chi connectivity index (χ0v) is 18.5. The number of carbonyl (C=O) groups is 2. The van der Waals surface area contributed by atoms with Crippen LogP contribution in [-0.4, -0.2) is 53.8 Å². The number of benzene rings is 3. The van der Waals surface area contributed by atoms with E-state index in [0.717, 1.165) is 41.2 Å². The number of nitrogens with zero attached hydrogens (tertiary/aromatic N) is 1. The first-order valence-corrected chi connectivity index (χ1v) is 10.7. The van der Waals surface area contributed by atoms with Crippen molar-refractivity contribution in [3.63, 3.8) is 0 Å². The first-order chi connectivity index (χ1) is 15.4. The van der Waals surface area contributed by atoms with Gasteiger partial charge in [0.25, 0.3) is 0 Å². The molecule has 0 unspecified atom stereocenters. The van der Waals surface area contributed by atoms with Gasteiger partial charge in [-0.05, 0) is 43.6 Å². The molecule has 0 spiro atoms. The Morgan fingerprint density at radius 2 is 1.59 bits per heavy atom. The molecule has 1 fully saturated rings. The van der Waals surface area contributed by atoms with E-state index in [-0.39, 0.29) is 0 Å². The summed E-state index contributed by atoms with van der Waals surface area (Å²) in [6.45, 7) is 2.92. The van der Waals surface area contributed by atoms with Gasteiger partial charge in [-0.2, -0.15) is 0 Å². The summed E-state index contributed by atoms with van der Waals surface area (Å²) in [5, 5.41) is 17.7. The number of halogens is 1. The average Bonchev–Trinajstić information content (AvgIpc) is 2.80. The number of fused-ring (bicyclic) bond motifs is 1. The fraction of sp³-hybridized carbons (Fsp3) is 0.280. The minimum atomic E-state index is -1.82. The Hall–Kier alpha value is -3.09. The van der Waals surface area contributed by atoms with Gasteiger partial charge in [-0.15, -0.1) is 0 Å². The number of rotatable bonds is 4. The molecule has 0 saturated carbocycles. The Kier molecular flexibility index (Phi) is 8.09. The second kappa shape index (κ2) is 11.0. The molecular weight excluding hydrogens is 430 g/mol. The van der Waals surface area contributed by atoms with Crippen LogP contribution in [0.4, 0.5) is 0 Å². The van der Waals surface area contributed by atoms with Crippen LogP contribution in [0.15, 0.2) is 66.7 Å². The van der Waals surface area contributed by atoms with Crippen LogP contribution in [0.5, 0.6) is 5.75 Å². The number of hydrogen-bond donors (Lipinski definition) is 2. The van der Waals surface area contributed by atoms with Crippen molar-refractivity contribution in [1.29, 1.82) is 0 Å². The molecular formula is C25H26ClNO5. The molecule has 3 aromatic carbocycles. The van der Waals surface area contributed by atoms with E-state index in [1.165, 1.54) is 12.0 Å². The molecule has 0 aromatic heterocycles. The van der Waals surface area contributed by atoms with E-state index in [2.05, 4.69) is 48.3 Å². The number of piperidine rings is 1. The van der Waals surface area contributed by atoms with Gasteiger partial charge in [0.05, 0.1) is 6.61 Å². The monoisotopic (exact) mass is 455 g/mol. The van der Waals surface area contributed by atoms with Gasteiger partial charge in [0.1, 0.15) is 5.75 Å². The predicted octanol–water partition coefficient (Wildman–Crippen LogP) is 4.76. The van der Waals surface area contributed by atoms with E-state index in [4.69, 9.17) is 36.1 Å². The molecule has 168 valence electrons. The van der Waals surface area contributed by atoms with Crippen LogP contribution in [0.25, 0.3) is 10.8 Å². The van der Waals surface area contributed by atoms with Gasteiger partial charge in [0.2, 0.25) is 0 Å². The van der Waals surface area contributed by atoms with E-state index < -0.39 is 11.9 Å². The fourth-order valence-electron chi connectivity index (χ4n) is 4.08. The quantitative estimate of drug-likeness (QED) is 0.551. The predicted molar refractivity (Wildman–Crippen MR) is 125 cm³/mol. The second-order valence-corrected chi connectivity index (χ2v) is 8.25. The van der Waals surface area contributed by atoms with Gasteiger partial charge < -0.3 is 19.8 Å². The number of hydrogen-bond acceptors (Lipinski definition) is 4. The molecule has 1 aliphatic rings. The number of aliphatic carboxylic acids is 2. The lowest BCUT2D eigenvalue weighted by Gasteiger charge is -2.37. The van der Waals surface area contributed by atoms with Crippen LogP contribution in [-0.2, 0) is 9.59 Å². The fourth-order valence-corrected chi connectivity index (χ4v) is 4.31. The maximum absolute atomic E-state index is 9.10. The Bertz CT molecular complexity index is 1060. The molecule has 0 bridgehead atoms.